The van der Waals surface area contributed by atoms with Crippen LogP contribution >= 0.6 is 0 Å². The highest BCUT2D eigenvalue weighted by Gasteiger charge is 2.16. The van der Waals surface area contributed by atoms with Crippen molar-refractivity contribution < 1.29 is 13.2 Å². The van der Waals surface area contributed by atoms with Crippen molar-refractivity contribution >= 4 is 5.69 Å². The first kappa shape index (κ1) is 9.32. The second-order valence-corrected chi connectivity index (χ2v) is 2.21. The Morgan fingerprint density at radius 1 is 1.54 bits per heavy atom. The fourth-order valence-electron chi connectivity index (χ4n) is 0.780. The van der Waals surface area contributed by atoms with Gasteiger partial charge in [-0.1, -0.05) is 0 Å². The summed E-state index contributed by atoms with van der Waals surface area (Å²) < 4.78 is 36.9. The van der Waals surface area contributed by atoms with Gasteiger partial charge in [0.1, 0.15) is 11.8 Å². The summed E-state index contributed by atoms with van der Waals surface area (Å²) in [6.45, 7) is 0. The van der Waals surface area contributed by atoms with E-state index in [0.29, 0.717) is 0 Å². The van der Waals surface area contributed by atoms with E-state index in [4.69, 9.17) is 11.0 Å². The molecule has 1 aromatic heterocycles. The molecule has 0 aliphatic rings. The Labute approximate surface area is 71.6 Å². The van der Waals surface area contributed by atoms with E-state index in [0.717, 1.165) is 6.07 Å². The molecular formula is C7H4F3N3. The van der Waals surface area contributed by atoms with Crippen LogP contribution < -0.4 is 5.73 Å². The Hall–Kier alpha value is -1.77. The van der Waals surface area contributed by atoms with Crippen LogP contribution in [0.2, 0.25) is 0 Å². The Balaban J connectivity index is 3.35. The molecule has 0 radical (unpaired) electrons. The average Bonchev–Trinajstić information content (AvgIpc) is 2.09. The molecule has 0 unspecified atom stereocenters. The summed E-state index contributed by atoms with van der Waals surface area (Å²) in [6, 6.07) is 2.22. The molecule has 3 nitrogen and oxygen atoms in total. The lowest BCUT2D eigenvalue weighted by molar-refractivity contribution is 0.151. The normalized spacial score (nSPS) is 10.1. The summed E-state index contributed by atoms with van der Waals surface area (Å²) in [5.41, 5.74) is 3.15. The van der Waals surface area contributed by atoms with E-state index in [1.807, 2.05) is 0 Å². The van der Waals surface area contributed by atoms with Crippen LogP contribution in [0, 0.1) is 17.3 Å². The number of halogens is 3. The number of nitrogens with two attached hydrogens (primary N) is 1. The molecule has 0 amide bonds. The molecule has 0 saturated heterocycles. The number of anilines is 1. The van der Waals surface area contributed by atoms with E-state index in [9.17, 15) is 13.2 Å². The lowest BCUT2D eigenvalue weighted by atomic mass is 10.2. The molecule has 0 aliphatic heterocycles. The standard InChI is InChI=1S/C7H4F3N3/c8-6(9)4-1-3(2-11)13-7(10)5(4)12/h1,6H,12H2. The maximum Gasteiger partial charge on any atom is 0.266 e. The van der Waals surface area contributed by atoms with Gasteiger partial charge in [-0.25, -0.2) is 13.8 Å². The summed E-state index contributed by atoms with van der Waals surface area (Å²) in [7, 11) is 0. The van der Waals surface area contributed by atoms with Crippen LogP contribution in [0.25, 0.3) is 0 Å². The van der Waals surface area contributed by atoms with Crippen LogP contribution in [-0.4, -0.2) is 4.98 Å². The van der Waals surface area contributed by atoms with Crippen molar-refractivity contribution in [2.24, 2.45) is 0 Å². The molecule has 0 saturated carbocycles. The Morgan fingerprint density at radius 3 is 2.62 bits per heavy atom. The van der Waals surface area contributed by atoms with Crippen molar-refractivity contribution in [3.63, 3.8) is 0 Å². The SMILES string of the molecule is N#Cc1cc(C(F)F)c(N)c(F)n1. The number of alkyl halides is 2. The van der Waals surface area contributed by atoms with E-state index in [1.54, 1.807) is 0 Å². The monoisotopic (exact) mass is 187 g/mol. The first-order chi connectivity index (χ1) is 6.06. The molecule has 1 aromatic rings. The van der Waals surface area contributed by atoms with Crippen molar-refractivity contribution in [1.29, 1.82) is 5.26 Å². The van der Waals surface area contributed by atoms with Crippen LogP contribution in [0.4, 0.5) is 18.9 Å². The van der Waals surface area contributed by atoms with Crippen LogP contribution in [0.15, 0.2) is 6.07 Å². The van der Waals surface area contributed by atoms with Gasteiger partial charge in [-0.3, -0.25) is 0 Å². The first-order valence-corrected chi connectivity index (χ1v) is 3.20. The molecule has 0 spiro atoms. The summed E-state index contributed by atoms with van der Waals surface area (Å²) in [6.07, 6.45) is -2.91. The maximum absolute atomic E-state index is 12.7. The van der Waals surface area contributed by atoms with E-state index in [-0.39, 0.29) is 0 Å². The number of hydrogen-bond acceptors (Lipinski definition) is 3. The van der Waals surface area contributed by atoms with Crippen molar-refractivity contribution in [3.05, 3.63) is 23.3 Å². The largest absolute Gasteiger partial charge is 0.395 e. The number of pyridine rings is 1. The summed E-state index contributed by atoms with van der Waals surface area (Å²) in [5, 5.41) is 8.29. The van der Waals surface area contributed by atoms with Gasteiger partial charge in [0.15, 0.2) is 0 Å². The third kappa shape index (κ3) is 1.69. The quantitative estimate of drug-likeness (QED) is 0.679. The molecule has 0 bridgehead atoms. The van der Waals surface area contributed by atoms with Gasteiger partial charge in [0.2, 0.25) is 5.95 Å². The molecular weight excluding hydrogens is 183 g/mol. The number of aromatic nitrogens is 1. The number of nitriles is 1. The van der Waals surface area contributed by atoms with E-state index < -0.39 is 29.3 Å². The zero-order chi connectivity index (χ0) is 10.0. The highest BCUT2D eigenvalue weighted by molar-refractivity contribution is 5.48. The van der Waals surface area contributed by atoms with Gasteiger partial charge in [-0.2, -0.15) is 9.65 Å². The van der Waals surface area contributed by atoms with Crippen molar-refractivity contribution in [3.8, 4) is 6.07 Å². The third-order valence-corrected chi connectivity index (χ3v) is 1.39. The lowest BCUT2D eigenvalue weighted by Crippen LogP contribution is -2.02. The zero-order valence-corrected chi connectivity index (χ0v) is 6.26. The van der Waals surface area contributed by atoms with E-state index in [2.05, 4.69) is 4.98 Å². The highest BCUT2D eigenvalue weighted by Crippen LogP contribution is 2.26. The Morgan fingerprint density at radius 2 is 2.15 bits per heavy atom. The van der Waals surface area contributed by atoms with Crippen molar-refractivity contribution in [2.45, 2.75) is 6.43 Å². The first-order valence-electron chi connectivity index (χ1n) is 3.20. The molecule has 0 fully saturated rings. The molecule has 1 heterocycles. The smallest absolute Gasteiger partial charge is 0.266 e. The molecule has 0 aromatic carbocycles. The van der Waals surface area contributed by atoms with Crippen LogP contribution in [-0.2, 0) is 0 Å². The molecule has 6 heteroatoms. The van der Waals surface area contributed by atoms with E-state index in [1.165, 1.54) is 6.07 Å². The Bertz CT molecular complexity index is 370. The van der Waals surface area contributed by atoms with Gasteiger partial charge in [-0.05, 0) is 6.07 Å². The van der Waals surface area contributed by atoms with Crippen molar-refractivity contribution in [1.82, 2.24) is 4.98 Å². The van der Waals surface area contributed by atoms with Crippen LogP contribution in [0.5, 0.6) is 0 Å². The predicted octanol–water partition coefficient (Wildman–Crippen LogP) is 1.61. The minimum atomic E-state index is -2.91. The van der Waals surface area contributed by atoms with Gasteiger partial charge in [0.25, 0.3) is 6.43 Å². The van der Waals surface area contributed by atoms with Gasteiger partial charge < -0.3 is 5.73 Å². The second kappa shape index (κ2) is 3.31. The predicted molar refractivity (Wildman–Crippen MR) is 38.3 cm³/mol. The molecule has 0 atom stereocenters. The third-order valence-electron chi connectivity index (χ3n) is 1.39. The van der Waals surface area contributed by atoms with Crippen LogP contribution in [0.1, 0.15) is 17.7 Å². The van der Waals surface area contributed by atoms with Crippen LogP contribution in [0.3, 0.4) is 0 Å². The minimum Gasteiger partial charge on any atom is -0.395 e. The van der Waals surface area contributed by atoms with E-state index >= 15 is 0 Å². The molecule has 13 heavy (non-hydrogen) atoms. The lowest BCUT2D eigenvalue weighted by Gasteiger charge is -2.04. The number of hydrogen-bond donors (Lipinski definition) is 1. The minimum absolute atomic E-state index is 0.415. The van der Waals surface area contributed by atoms with Gasteiger partial charge in [-0.15, -0.1) is 0 Å². The highest BCUT2D eigenvalue weighted by atomic mass is 19.3. The Kier molecular flexibility index (Phi) is 2.37. The van der Waals surface area contributed by atoms with Crippen molar-refractivity contribution in [2.75, 3.05) is 5.73 Å². The molecule has 0 aliphatic carbocycles. The number of rotatable bonds is 1. The number of nitrogen functional groups attached to an aromatic ring is 1. The van der Waals surface area contributed by atoms with Gasteiger partial charge in [0.05, 0.1) is 5.69 Å². The second-order valence-electron chi connectivity index (χ2n) is 2.21. The fourth-order valence-corrected chi connectivity index (χ4v) is 0.780. The maximum atomic E-state index is 12.7. The zero-order valence-electron chi connectivity index (χ0n) is 6.26. The fraction of sp³-hybridized carbons (Fsp3) is 0.143. The summed E-state index contributed by atoms with van der Waals surface area (Å²) in [5.74, 6) is -1.24. The summed E-state index contributed by atoms with van der Waals surface area (Å²) in [4.78, 5) is 3.05. The molecule has 1 rings (SSSR count). The molecule has 68 valence electrons. The topological polar surface area (TPSA) is 62.7 Å². The molecule has 2 N–H and O–H groups in total. The van der Waals surface area contributed by atoms with Gasteiger partial charge in [0, 0.05) is 5.56 Å². The number of nitrogens with zero attached hydrogens (tertiary/aromatic N) is 2. The van der Waals surface area contributed by atoms with Gasteiger partial charge >= 0.3 is 0 Å². The average molecular weight is 187 g/mol. The summed E-state index contributed by atoms with van der Waals surface area (Å²) >= 11 is 0.